The largest absolute Gasteiger partial charge is 0.502 e. The third-order valence-electron chi connectivity index (χ3n) is 3.83. The van der Waals surface area contributed by atoms with Gasteiger partial charge in [-0.3, -0.25) is 4.79 Å². The number of ether oxygens (including phenoxy) is 3. The van der Waals surface area contributed by atoms with E-state index in [1.165, 1.54) is 14.2 Å². The molecule has 0 aliphatic heterocycles. The first-order chi connectivity index (χ1) is 11.6. The summed E-state index contributed by atoms with van der Waals surface area (Å²) in [4.78, 5) is 12.3. The summed E-state index contributed by atoms with van der Waals surface area (Å²) in [6, 6.07) is 13.1. The van der Waals surface area contributed by atoms with Gasteiger partial charge < -0.3 is 19.3 Å². The highest BCUT2D eigenvalue weighted by atomic mass is 16.5. The Kier molecular flexibility index (Phi) is 6.07. The lowest BCUT2D eigenvalue weighted by atomic mass is 10.0. The maximum absolute atomic E-state index is 12.3. The second kappa shape index (κ2) is 8.24. The molecule has 2 aromatic carbocycles. The van der Waals surface area contributed by atoms with Gasteiger partial charge in [0, 0.05) is 6.42 Å². The highest BCUT2D eigenvalue weighted by molar-refractivity contribution is 5.78. The Morgan fingerprint density at radius 1 is 1.08 bits per heavy atom. The van der Waals surface area contributed by atoms with E-state index >= 15 is 0 Å². The first-order valence-electron chi connectivity index (χ1n) is 7.72. The van der Waals surface area contributed by atoms with Crippen LogP contribution in [0.15, 0.2) is 42.5 Å². The lowest BCUT2D eigenvalue weighted by molar-refractivity contribution is -0.144. The van der Waals surface area contributed by atoms with Gasteiger partial charge in [0.2, 0.25) is 5.75 Å². The molecule has 5 heteroatoms. The van der Waals surface area contributed by atoms with Crippen molar-refractivity contribution in [1.82, 2.24) is 0 Å². The van der Waals surface area contributed by atoms with Crippen molar-refractivity contribution in [2.45, 2.75) is 19.3 Å². The van der Waals surface area contributed by atoms with Gasteiger partial charge in [-0.15, -0.1) is 0 Å². The Hall–Kier alpha value is -2.69. The summed E-state index contributed by atoms with van der Waals surface area (Å²) in [6.07, 6.45) is 0.668. The number of benzene rings is 2. The summed E-state index contributed by atoms with van der Waals surface area (Å²) in [5.41, 5.74) is 1.78. The van der Waals surface area contributed by atoms with E-state index in [0.29, 0.717) is 18.6 Å². The average molecular weight is 330 g/mol. The van der Waals surface area contributed by atoms with Crippen molar-refractivity contribution < 1.29 is 24.1 Å². The zero-order valence-electron chi connectivity index (χ0n) is 14.1. The van der Waals surface area contributed by atoms with Crippen molar-refractivity contribution in [3.05, 3.63) is 53.6 Å². The molecule has 1 N–H and O–H groups in total. The van der Waals surface area contributed by atoms with Crippen LogP contribution in [0.25, 0.3) is 0 Å². The Labute approximate surface area is 141 Å². The number of phenolic OH excluding ortho intramolecular Hbond substituents is 1. The quantitative estimate of drug-likeness (QED) is 0.789. The molecule has 2 aromatic rings. The molecule has 0 spiro atoms. The molecule has 24 heavy (non-hydrogen) atoms. The molecule has 128 valence electrons. The summed E-state index contributed by atoms with van der Waals surface area (Å²) in [6.45, 7) is 2.07. The van der Waals surface area contributed by atoms with Crippen molar-refractivity contribution >= 4 is 5.97 Å². The number of hydrogen-bond acceptors (Lipinski definition) is 5. The summed E-state index contributed by atoms with van der Waals surface area (Å²) in [5.74, 6) is -0.403. The van der Waals surface area contributed by atoms with Gasteiger partial charge >= 0.3 is 5.97 Å². The molecular formula is C19H22O5. The minimum Gasteiger partial charge on any atom is -0.502 e. The summed E-state index contributed by atoms with van der Waals surface area (Å²) >= 11 is 0. The fourth-order valence-electron chi connectivity index (χ4n) is 2.34. The summed E-state index contributed by atoms with van der Waals surface area (Å²) < 4.78 is 15.6. The van der Waals surface area contributed by atoms with E-state index in [0.717, 1.165) is 5.56 Å². The van der Waals surface area contributed by atoms with E-state index in [2.05, 4.69) is 0 Å². The van der Waals surface area contributed by atoms with E-state index in [4.69, 9.17) is 14.2 Å². The first kappa shape index (κ1) is 17.7. The van der Waals surface area contributed by atoms with Crippen molar-refractivity contribution in [1.29, 1.82) is 0 Å². The topological polar surface area (TPSA) is 65.0 Å². The molecule has 0 amide bonds. The van der Waals surface area contributed by atoms with E-state index < -0.39 is 5.92 Å². The zero-order chi connectivity index (χ0) is 17.5. The van der Waals surface area contributed by atoms with Crippen LogP contribution in [0.5, 0.6) is 17.2 Å². The van der Waals surface area contributed by atoms with Gasteiger partial charge in [-0.25, -0.2) is 0 Å². The van der Waals surface area contributed by atoms with Crippen molar-refractivity contribution in [2.75, 3.05) is 20.8 Å². The fourth-order valence-corrected chi connectivity index (χ4v) is 2.34. The number of carbonyl (C=O) groups excluding carboxylic acids is 1. The van der Waals surface area contributed by atoms with Crippen LogP contribution in [0.2, 0.25) is 0 Å². The van der Waals surface area contributed by atoms with Crippen LogP contribution in [0.1, 0.15) is 24.0 Å². The Morgan fingerprint density at radius 2 is 1.67 bits per heavy atom. The van der Waals surface area contributed by atoms with Crippen LogP contribution in [0, 0.1) is 0 Å². The molecule has 0 radical (unpaired) electrons. The summed E-state index contributed by atoms with van der Waals surface area (Å²) in [7, 11) is 2.89. The van der Waals surface area contributed by atoms with Crippen LogP contribution in [-0.2, 0) is 16.0 Å². The maximum Gasteiger partial charge on any atom is 0.313 e. The lowest BCUT2D eigenvalue weighted by Gasteiger charge is -2.15. The number of carbonyl (C=O) groups is 1. The van der Waals surface area contributed by atoms with Gasteiger partial charge in [0.15, 0.2) is 11.5 Å². The first-order valence-corrected chi connectivity index (χ1v) is 7.72. The van der Waals surface area contributed by atoms with E-state index in [1.807, 2.05) is 30.3 Å². The van der Waals surface area contributed by atoms with E-state index in [1.54, 1.807) is 19.1 Å². The van der Waals surface area contributed by atoms with Crippen molar-refractivity contribution in [3.8, 4) is 17.2 Å². The minimum absolute atomic E-state index is 0.0894. The maximum atomic E-state index is 12.3. The Morgan fingerprint density at radius 3 is 2.21 bits per heavy atom. The van der Waals surface area contributed by atoms with Crippen LogP contribution in [0.4, 0.5) is 0 Å². The highest BCUT2D eigenvalue weighted by Gasteiger charge is 2.21. The van der Waals surface area contributed by atoms with Gasteiger partial charge in [0.05, 0.1) is 26.7 Å². The predicted molar refractivity (Wildman–Crippen MR) is 90.7 cm³/mol. The monoisotopic (exact) mass is 330 g/mol. The molecule has 0 saturated heterocycles. The molecule has 1 atom stereocenters. The van der Waals surface area contributed by atoms with E-state index in [-0.39, 0.29) is 23.2 Å². The van der Waals surface area contributed by atoms with Gasteiger partial charge in [0.1, 0.15) is 0 Å². The second-order valence-electron chi connectivity index (χ2n) is 5.40. The van der Waals surface area contributed by atoms with Crippen LogP contribution in [-0.4, -0.2) is 31.9 Å². The van der Waals surface area contributed by atoms with Crippen molar-refractivity contribution in [3.63, 3.8) is 0 Å². The molecule has 1 unspecified atom stereocenters. The zero-order valence-corrected chi connectivity index (χ0v) is 14.1. The Balaban J connectivity index is 2.02. The summed E-state index contributed by atoms with van der Waals surface area (Å²) in [5, 5.41) is 9.93. The van der Waals surface area contributed by atoms with Crippen LogP contribution >= 0.6 is 0 Å². The minimum atomic E-state index is -0.496. The number of aromatic hydroxyl groups is 1. The molecule has 0 fully saturated rings. The van der Waals surface area contributed by atoms with E-state index in [9.17, 15) is 9.90 Å². The molecule has 0 aliphatic carbocycles. The fraction of sp³-hybridized carbons (Fsp3) is 0.316. The Bertz CT molecular complexity index is 656. The standard InChI is InChI=1S/C19H22O5/c1-13(15-11-16(22-2)18(20)17(12-15)23-3)19(21)24-10-9-14-7-5-4-6-8-14/h4-8,11-13,20H,9-10H2,1-3H3. The van der Waals surface area contributed by atoms with Crippen LogP contribution in [0.3, 0.4) is 0 Å². The molecule has 0 aliphatic rings. The number of rotatable bonds is 7. The van der Waals surface area contributed by atoms with Gasteiger partial charge in [-0.1, -0.05) is 30.3 Å². The van der Waals surface area contributed by atoms with Gasteiger partial charge in [0.25, 0.3) is 0 Å². The predicted octanol–water partition coefficient (Wildman–Crippen LogP) is 3.30. The number of esters is 1. The van der Waals surface area contributed by atoms with Gasteiger partial charge in [-0.05, 0) is 30.2 Å². The van der Waals surface area contributed by atoms with Crippen LogP contribution < -0.4 is 9.47 Å². The molecule has 0 aromatic heterocycles. The number of methoxy groups -OCH3 is 2. The molecular weight excluding hydrogens is 308 g/mol. The number of hydrogen-bond donors (Lipinski definition) is 1. The molecule has 0 heterocycles. The molecule has 0 bridgehead atoms. The lowest BCUT2D eigenvalue weighted by Crippen LogP contribution is -2.15. The second-order valence-corrected chi connectivity index (χ2v) is 5.40. The third kappa shape index (κ3) is 4.19. The van der Waals surface area contributed by atoms with Gasteiger partial charge in [-0.2, -0.15) is 0 Å². The molecule has 2 rings (SSSR count). The van der Waals surface area contributed by atoms with Crippen molar-refractivity contribution in [2.24, 2.45) is 0 Å². The molecule has 5 nitrogen and oxygen atoms in total. The SMILES string of the molecule is COc1cc(C(C)C(=O)OCCc2ccccc2)cc(OC)c1O. The number of phenols is 1. The normalized spacial score (nSPS) is 11.6. The highest BCUT2D eigenvalue weighted by Crippen LogP contribution is 2.39. The third-order valence-corrected chi connectivity index (χ3v) is 3.83. The smallest absolute Gasteiger partial charge is 0.313 e. The molecule has 0 saturated carbocycles. The average Bonchev–Trinajstić information content (AvgIpc) is 2.62.